The van der Waals surface area contributed by atoms with Gasteiger partial charge in [-0.05, 0) is 48.6 Å². The van der Waals surface area contributed by atoms with E-state index in [1.807, 2.05) is 0 Å². The fraction of sp³-hybridized carbons (Fsp3) is 0.421. The molecule has 6 heteroatoms. The Balaban J connectivity index is 1.49. The smallest absolute Gasteiger partial charge is 0.253 e. The highest BCUT2D eigenvalue weighted by atomic mass is 32.1. The lowest BCUT2D eigenvalue weighted by Gasteiger charge is -2.40. The minimum atomic E-state index is -0.356. The Morgan fingerprint density at radius 2 is 2.20 bits per heavy atom. The summed E-state index contributed by atoms with van der Waals surface area (Å²) in [6.07, 6.45) is 0.885. The van der Waals surface area contributed by atoms with E-state index in [4.69, 9.17) is 4.74 Å². The van der Waals surface area contributed by atoms with E-state index in [1.54, 1.807) is 28.4 Å². The van der Waals surface area contributed by atoms with Crippen molar-refractivity contribution in [1.29, 1.82) is 0 Å². The number of hydrogen-bond donors (Lipinski definition) is 0. The van der Waals surface area contributed by atoms with Gasteiger partial charge >= 0.3 is 0 Å². The van der Waals surface area contributed by atoms with Gasteiger partial charge in [0.25, 0.3) is 5.91 Å². The van der Waals surface area contributed by atoms with E-state index in [2.05, 4.69) is 23.3 Å². The Hall–Kier alpha value is -1.76. The number of hydrogen-bond acceptors (Lipinski definition) is 4. The molecule has 1 aromatic heterocycles. The SMILES string of the molecule is Cc1ccsc1CN1CCC2(C1)CN(c1cccc(F)c1)C(=O)CO2. The van der Waals surface area contributed by atoms with E-state index in [9.17, 15) is 9.18 Å². The van der Waals surface area contributed by atoms with Crippen molar-refractivity contribution < 1.29 is 13.9 Å². The maximum Gasteiger partial charge on any atom is 0.253 e. The molecule has 2 fully saturated rings. The zero-order chi connectivity index (χ0) is 17.4. The fourth-order valence-corrected chi connectivity index (χ4v) is 4.62. The normalized spacial score (nSPS) is 24.4. The second-order valence-electron chi connectivity index (χ2n) is 6.92. The molecule has 1 atom stereocenters. The van der Waals surface area contributed by atoms with Crippen LogP contribution in [0.3, 0.4) is 0 Å². The molecule has 0 N–H and O–H groups in total. The molecule has 2 aromatic rings. The number of morpholine rings is 1. The minimum absolute atomic E-state index is 0.0579. The topological polar surface area (TPSA) is 32.8 Å². The van der Waals surface area contributed by atoms with Crippen molar-refractivity contribution in [2.24, 2.45) is 0 Å². The summed E-state index contributed by atoms with van der Waals surface area (Å²) in [7, 11) is 0. The van der Waals surface area contributed by atoms with Crippen LogP contribution in [0.25, 0.3) is 0 Å². The Morgan fingerprint density at radius 1 is 1.32 bits per heavy atom. The predicted octanol–water partition coefficient (Wildman–Crippen LogP) is 3.20. The summed E-state index contributed by atoms with van der Waals surface area (Å²) in [5, 5.41) is 2.12. The molecule has 25 heavy (non-hydrogen) atoms. The van der Waals surface area contributed by atoms with Crippen molar-refractivity contribution in [3.8, 4) is 0 Å². The van der Waals surface area contributed by atoms with Gasteiger partial charge in [-0.1, -0.05) is 6.07 Å². The Bertz CT molecular complexity index is 793. The highest BCUT2D eigenvalue weighted by Crippen LogP contribution is 2.33. The third kappa shape index (κ3) is 3.34. The van der Waals surface area contributed by atoms with Crippen LogP contribution in [0.2, 0.25) is 0 Å². The summed E-state index contributed by atoms with van der Waals surface area (Å²) >= 11 is 1.78. The summed E-state index contributed by atoms with van der Waals surface area (Å²) in [5.41, 5.74) is 1.58. The Kier molecular flexibility index (Phi) is 4.35. The van der Waals surface area contributed by atoms with Crippen molar-refractivity contribution in [3.63, 3.8) is 0 Å². The van der Waals surface area contributed by atoms with E-state index >= 15 is 0 Å². The largest absolute Gasteiger partial charge is 0.362 e. The molecular weight excluding hydrogens is 339 g/mol. The van der Waals surface area contributed by atoms with Gasteiger partial charge in [0.05, 0.1) is 6.54 Å². The summed E-state index contributed by atoms with van der Waals surface area (Å²) in [5.74, 6) is -0.434. The Labute approximate surface area is 150 Å². The number of carbonyl (C=O) groups is 1. The average Bonchev–Trinajstić information content (AvgIpc) is 3.18. The van der Waals surface area contributed by atoms with Crippen LogP contribution in [-0.2, 0) is 16.1 Å². The molecule has 132 valence electrons. The van der Waals surface area contributed by atoms with Gasteiger partial charge in [0.2, 0.25) is 0 Å². The van der Waals surface area contributed by atoms with E-state index in [0.29, 0.717) is 12.2 Å². The average molecular weight is 360 g/mol. The van der Waals surface area contributed by atoms with E-state index < -0.39 is 0 Å². The van der Waals surface area contributed by atoms with Crippen LogP contribution in [0.1, 0.15) is 16.9 Å². The second kappa shape index (κ2) is 6.52. The molecule has 4 nitrogen and oxygen atoms in total. The second-order valence-corrected chi connectivity index (χ2v) is 7.92. The number of nitrogens with zero attached hydrogens (tertiary/aromatic N) is 2. The van der Waals surface area contributed by atoms with Crippen LogP contribution in [0.4, 0.5) is 10.1 Å². The van der Waals surface area contributed by atoms with Crippen LogP contribution in [0.5, 0.6) is 0 Å². The number of anilines is 1. The fourth-order valence-electron chi connectivity index (χ4n) is 3.67. The van der Waals surface area contributed by atoms with E-state index in [-0.39, 0.29) is 23.9 Å². The standard InChI is InChI=1S/C19H21FN2O2S/c1-14-5-8-25-17(14)10-21-7-6-19(12-21)13-22(18(23)11-24-19)16-4-2-3-15(20)9-16/h2-5,8-9H,6-7,10-13H2,1H3. The molecular formula is C19H21FN2O2S. The molecule has 0 radical (unpaired) electrons. The third-order valence-corrected chi connectivity index (χ3v) is 6.11. The molecule has 1 unspecified atom stereocenters. The maximum atomic E-state index is 13.6. The third-order valence-electron chi connectivity index (χ3n) is 5.10. The molecule has 3 heterocycles. The van der Waals surface area contributed by atoms with Gasteiger partial charge in [0.1, 0.15) is 18.0 Å². The Morgan fingerprint density at radius 3 is 2.96 bits per heavy atom. The van der Waals surface area contributed by atoms with Crippen molar-refractivity contribution >= 4 is 22.9 Å². The first-order chi connectivity index (χ1) is 12.0. The van der Waals surface area contributed by atoms with Gasteiger partial charge in [-0.25, -0.2) is 4.39 Å². The zero-order valence-corrected chi connectivity index (χ0v) is 15.0. The summed E-state index contributed by atoms with van der Waals surface area (Å²) in [6, 6.07) is 8.37. The lowest BCUT2D eigenvalue weighted by Crippen LogP contribution is -2.56. The molecule has 1 spiro atoms. The van der Waals surface area contributed by atoms with Gasteiger partial charge < -0.3 is 9.64 Å². The van der Waals surface area contributed by atoms with Crippen molar-refractivity contribution in [2.45, 2.75) is 25.5 Å². The number of likely N-dealkylation sites (tertiary alicyclic amines) is 1. The molecule has 2 aliphatic heterocycles. The lowest BCUT2D eigenvalue weighted by atomic mass is 10.00. The quantitative estimate of drug-likeness (QED) is 0.843. The summed E-state index contributed by atoms with van der Waals surface area (Å²) < 4.78 is 19.5. The van der Waals surface area contributed by atoms with E-state index in [1.165, 1.54) is 22.6 Å². The van der Waals surface area contributed by atoms with Crippen LogP contribution in [0.15, 0.2) is 35.7 Å². The number of rotatable bonds is 3. The van der Waals surface area contributed by atoms with Gasteiger partial charge in [-0.2, -0.15) is 0 Å². The number of aryl methyl sites for hydroxylation is 1. The molecule has 2 aliphatic rings. The molecule has 0 bridgehead atoms. The first-order valence-electron chi connectivity index (χ1n) is 8.50. The highest BCUT2D eigenvalue weighted by Gasteiger charge is 2.45. The molecule has 1 amide bonds. The highest BCUT2D eigenvalue weighted by molar-refractivity contribution is 7.10. The zero-order valence-electron chi connectivity index (χ0n) is 14.2. The number of ether oxygens (including phenoxy) is 1. The summed E-state index contributed by atoms with van der Waals surface area (Å²) in [4.78, 5) is 17.7. The van der Waals surface area contributed by atoms with Crippen LogP contribution in [0, 0.1) is 12.7 Å². The molecule has 1 aromatic carbocycles. The first-order valence-corrected chi connectivity index (χ1v) is 9.38. The van der Waals surface area contributed by atoms with Gasteiger partial charge in [-0.3, -0.25) is 9.69 Å². The van der Waals surface area contributed by atoms with Crippen LogP contribution in [-0.4, -0.2) is 42.6 Å². The van der Waals surface area contributed by atoms with Gasteiger partial charge in [0.15, 0.2) is 0 Å². The first kappa shape index (κ1) is 16.7. The monoisotopic (exact) mass is 360 g/mol. The molecule has 0 aliphatic carbocycles. The summed E-state index contributed by atoms with van der Waals surface area (Å²) in [6.45, 7) is 5.34. The van der Waals surface area contributed by atoms with Crippen molar-refractivity contribution in [3.05, 3.63) is 52.0 Å². The molecule has 2 saturated heterocycles. The number of carbonyl (C=O) groups excluding carboxylic acids is 1. The number of halogens is 1. The minimum Gasteiger partial charge on any atom is -0.362 e. The van der Waals surface area contributed by atoms with Crippen molar-refractivity contribution in [2.75, 3.05) is 31.1 Å². The van der Waals surface area contributed by atoms with Crippen molar-refractivity contribution in [1.82, 2.24) is 4.90 Å². The predicted molar refractivity (Wildman–Crippen MR) is 96.4 cm³/mol. The molecule has 4 rings (SSSR count). The maximum absolute atomic E-state index is 13.6. The number of thiophene rings is 1. The van der Waals surface area contributed by atoms with Gasteiger partial charge in [-0.15, -0.1) is 11.3 Å². The number of amides is 1. The van der Waals surface area contributed by atoms with E-state index in [0.717, 1.165) is 26.1 Å². The number of benzene rings is 1. The molecule has 0 saturated carbocycles. The van der Waals surface area contributed by atoms with Gasteiger partial charge in [0, 0.05) is 30.2 Å². The van der Waals surface area contributed by atoms with Crippen LogP contribution < -0.4 is 4.90 Å². The van der Waals surface area contributed by atoms with Crippen LogP contribution >= 0.6 is 11.3 Å². The lowest BCUT2D eigenvalue weighted by molar-refractivity contribution is -0.137.